The van der Waals surface area contributed by atoms with Crippen LogP contribution in [-0.2, 0) is 27.6 Å². The van der Waals surface area contributed by atoms with Crippen molar-refractivity contribution in [2.75, 3.05) is 17.1 Å². The SMILES string of the molecule is COC(=O)c1cccc(NS(=O)(=O)c2cccc(C(=O)Nc3sc4c(c3C#N)CC[C@@H](C)C4)c2)c1. The van der Waals surface area contributed by atoms with E-state index in [0.717, 1.165) is 29.7 Å². The second-order valence-corrected chi connectivity index (χ2v) is 11.1. The molecule has 0 saturated carbocycles. The zero-order valence-corrected chi connectivity index (χ0v) is 20.8. The van der Waals surface area contributed by atoms with E-state index in [2.05, 4.69) is 27.8 Å². The van der Waals surface area contributed by atoms with E-state index in [1.165, 1.54) is 67.0 Å². The Hall–Kier alpha value is -3.68. The lowest BCUT2D eigenvalue weighted by Crippen LogP contribution is -2.16. The number of methoxy groups -OCH3 is 1. The molecule has 0 aliphatic heterocycles. The summed E-state index contributed by atoms with van der Waals surface area (Å²) in [7, 11) is -2.81. The molecule has 0 bridgehead atoms. The van der Waals surface area contributed by atoms with E-state index in [9.17, 15) is 23.3 Å². The molecule has 1 atom stereocenters. The number of hydrogen-bond acceptors (Lipinski definition) is 7. The third-order valence-electron chi connectivity index (χ3n) is 5.79. The van der Waals surface area contributed by atoms with Gasteiger partial charge in [0, 0.05) is 16.1 Å². The number of nitrogens with zero attached hydrogens (tertiary/aromatic N) is 1. The Kier molecular flexibility index (Phi) is 6.91. The first-order chi connectivity index (χ1) is 16.7. The molecule has 0 fully saturated rings. The van der Waals surface area contributed by atoms with Crippen molar-refractivity contribution < 1.29 is 22.7 Å². The monoisotopic (exact) mass is 509 g/mol. The molecular weight excluding hydrogens is 486 g/mol. The van der Waals surface area contributed by atoms with Crippen molar-refractivity contribution in [3.63, 3.8) is 0 Å². The van der Waals surface area contributed by atoms with E-state index in [0.29, 0.717) is 16.5 Å². The maximum Gasteiger partial charge on any atom is 0.337 e. The predicted molar refractivity (Wildman–Crippen MR) is 133 cm³/mol. The topological polar surface area (TPSA) is 125 Å². The largest absolute Gasteiger partial charge is 0.465 e. The lowest BCUT2D eigenvalue weighted by molar-refractivity contribution is 0.0600. The Bertz CT molecular complexity index is 1450. The molecule has 8 nitrogen and oxygen atoms in total. The van der Waals surface area contributed by atoms with E-state index < -0.39 is 21.9 Å². The van der Waals surface area contributed by atoms with Crippen molar-refractivity contribution in [3.8, 4) is 6.07 Å². The standard InChI is InChI=1S/C25H23N3O5S2/c1-15-9-10-20-21(14-26)24(34-22(20)11-15)27-23(29)16-5-4-8-19(13-16)35(31,32)28-18-7-3-6-17(12-18)25(30)33-2/h3-8,12-13,15,28H,9-11H2,1-2H3,(H,27,29)/t15-/m1/s1. The van der Waals surface area contributed by atoms with E-state index in [1.807, 2.05) is 0 Å². The van der Waals surface area contributed by atoms with Gasteiger partial charge in [0.25, 0.3) is 15.9 Å². The van der Waals surface area contributed by atoms with Crippen molar-refractivity contribution in [1.82, 2.24) is 0 Å². The van der Waals surface area contributed by atoms with Gasteiger partial charge >= 0.3 is 5.97 Å². The van der Waals surface area contributed by atoms with Crippen molar-refractivity contribution in [2.45, 2.75) is 31.1 Å². The summed E-state index contributed by atoms with van der Waals surface area (Å²) in [6.45, 7) is 2.17. The number of nitrogens with one attached hydrogen (secondary N) is 2. The van der Waals surface area contributed by atoms with E-state index in [1.54, 1.807) is 0 Å². The molecule has 0 saturated heterocycles. The molecule has 2 N–H and O–H groups in total. The second kappa shape index (κ2) is 9.90. The molecule has 35 heavy (non-hydrogen) atoms. The van der Waals surface area contributed by atoms with Gasteiger partial charge in [-0.15, -0.1) is 11.3 Å². The first-order valence-corrected chi connectivity index (χ1v) is 13.2. The first kappa shape index (κ1) is 24.4. The summed E-state index contributed by atoms with van der Waals surface area (Å²) in [4.78, 5) is 25.7. The zero-order chi connectivity index (χ0) is 25.2. The summed E-state index contributed by atoms with van der Waals surface area (Å²) >= 11 is 1.41. The lowest BCUT2D eigenvalue weighted by Gasteiger charge is -2.17. The molecule has 1 heterocycles. The summed E-state index contributed by atoms with van der Waals surface area (Å²) < 4.78 is 33.0. The Morgan fingerprint density at radius 1 is 1.14 bits per heavy atom. The minimum Gasteiger partial charge on any atom is -0.465 e. The van der Waals surface area contributed by atoms with Gasteiger partial charge in [0.2, 0.25) is 0 Å². The maximum atomic E-state index is 13.0. The van der Waals surface area contributed by atoms with E-state index in [-0.39, 0.29) is 21.7 Å². The Balaban J connectivity index is 1.56. The number of fused-ring (bicyclic) bond motifs is 1. The number of thiophene rings is 1. The number of hydrogen-bond donors (Lipinski definition) is 2. The van der Waals surface area contributed by atoms with Gasteiger partial charge < -0.3 is 10.1 Å². The fourth-order valence-corrected chi connectivity index (χ4v) is 6.43. The minimum atomic E-state index is -4.04. The highest BCUT2D eigenvalue weighted by Crippen LogP contribution is 2.39. The average Bonchev–Trinajstić information content (AvgIpc) is 3.19. The van der Waals surface area contributed by atoms with Crippen LogP contribution in [0.15, 0.2) is 53.4 Å². The maximum absolute atomic E-state index is 13.0. The number of esters is 1. The summed E-state index contributed by atoms with van der Waals surface area (Å²) in [6.07, 6.45) is 2.69. The molecule has 1 aliphatic carbocycles. The number of amides is 1. The lowest BCUT2D eigenvalue weighted by atomic mass is 9.88. The molecular formula is C25H23N3O5S2. The zero-order valence-electron chi connectivity index (χ0n) is 19.1. The van der Waals surface area contributed by atoms with E-state index in [4.69, 9.17) is 0 Å². The highest BCUT2D eigenvalue weighted by Gasteiger charge is 2.25. The van der Waals surface area contributed by atoms with Gasteiger partial charge in [0.15, 0.2) is 0 Å². The number of sulfonamides is 1. The van der Waals surface area contributed by atoms with Crippen molar-refractivity contribution in [2.24, 2.45) is 5.92 Å². The van der Waals surface area contributed by atoms with Crippen LogP contribution >= 0.6 is 11.3 Å². The third kappa shape index (κ3) is 5.21. The smallest absolute Gasteiger partial charge is 0.337 e. The number of anilines is 2. The van der Waals surface area contributed by atoms with Crippen LogP contribution in [-0.4, -0.2) is 27.4 Å². The predicted octanol–water partition coefficient (Wildman–Crippen LogP) is 4.58. The van der Waals surface area contributed by atoms with Crippen LogP contribution in [0.2, 0.25) is 0 Å². The summed E-state index contributed by atoms with van der Waals surface area (Å²) in [5.41, 5.74) is 2.00. The van der Waals surface area contributed by atoms with Crippen molar-refractivity contribution in [3.05, 3.63) is 75.7 Å². The molecule has 4 rings (SSSR count). The van der Waals surface area contributed by atoms with Crippen LogP contribution in [0.4, 0.5) is 10.7 Å². The highest BCUT2D eigenvalue weighted by atomic mass is 32.2. The van der Waals surface area contributed by atoms with Crippen molar-refractivity contribution >= 4 is 43.9 Å². The van der Waals surface area contributed by atoms with Crippen LogP contribution in [0.1, 0.15) is 50.1 Å². The summed E-state index contributed by atoms with van der Waals surface area (Å²) in [6, 6.07) is 13.7. The quantitative estimate of drug-likeness (QED) is 0.469. The Morgan fingerprint density at radius 2 is 1.89 bits per heavy atom. The third-order valence-corrected chi connectivity index (χ3v) is 8.34. The fraction of sp³-hybridized carbons (Fsp3) is 0.240. The van der Waals surface area contributed by atoms with Gasteiger partial charge in [-0.25, -0.2) is 13.2 Å². The fourth-order valence-electron chi connectivity index (χ4n) is 3.98. The summed E-state index contributed by atoms with van der Waals surface area (Å²) in [5, 5.41) is 12.9. The summed E-state index contributed by atoms with van der Waals surface area (Å²) in [5.74, 6) is -0.567. The molecule has 3 aromatic rings. The van der Waals surface area contributed by atoms with Gasteiger partial charge in [-0.3, -0.25) is 9.52 Å². The molecule has 0 spiro atoms. The molecule has 180 valence electrons. The molecule has 0 unspecified atom stereocenters. The molecule has 1 amide bonds. The van der Waals surface area contributed by atoms with Gasteiger partial charge in [0.05, 0.1) is 23.1 Å². The molecule has 10 heteroatoms. The van der Waals surface area contributed by atoms with Gasteiger partial charge in [0.1, 0.15) is 11.1 Å². The second-order valence-electron chi connectivity index (χ2n) is 8.33. The minimum absolute atomic E-state index is 0.117. The van der Waals surface area contributed by atoms with Crippen LogP contribution < -0.4 is 10.0 Å². The van der Waals surface area contributed by atoms with E-state index >= 15 is 0 Å². The van der Waals surface area contributed by atoms with Gasteiger partial charge in [-0.2, -0.15) is 5.26 Å². The number of ether oxygens (including phenoxy) is 1. The van der Waals surface area contributed by atoms with Crippen LogP contribution in [0.25, 0.3) is 0 Å². The van der Waals surface area contributed by atoms with Crippen LogP contribution in [0.3, 0.4) is 0 Å². The van der Waals surface area contributed by atoms with Crippen LogP contribution in [0, 0.1) is 17.2 Å². The number of rotatable bonds is 6. The molecule has 1 aliphatic rings. The number of nitriles is 1. The Morgan fingerprint density at radius 3 is 2.63 bits per heavy atom. The van der Waals surface area contributed by atoms with Crippen LogP contribution in [0.5, 0.6) is 0 Å². The molecule has 2 aromatic carbocycles. The first-order valence-electron chi connectivity index (χ1n) is 10.9. The highest BCUT2D eigenvalue weighted by molar-refractivity contribution is 7.92. The number of carbonyl (C=O) groups is 2. The Labute approximate surface area is 207 Å². The van der Waals surface area contributed by atoms with Gasteiger partial charge in [-0.1, -0.05) is 19.1 Å². The molecule has 1 aromatic heterocycles. The van der Waals surface area contributed by atoms with Crippen molar-refractivity contribution in [1.29, 1.82) is 5.26 Å². The normalized spacial score (nSPS) is 14.9. The number of carbonyl (C=O) groups excluding carboxylic acids is 2. The number of benzene rings is 2. The molecule has 0 radical (unpaired) electrons. The average molecular weight is 510 g/mol. The van der Waals surface area contributed by atoms with Gasteiger partial charge in [-0.05, 0) is 67.1 Å².